The highest BCUT2D eigenvalue weighted by atomic mass is 16.5. The highest BCUT2D eigenvalue weighted by Gasteiger charge is 2.15. The Balaban J connectivity index is 3.05. The van der Waals surface area contributed by atoms with E-state index in [1.807, 2.05) is 12.1 Å². The molecule has 0 spiro atoms. The van der Waals surface area contributed by atoms with Gasteiger partial charge in [-0.2, -0.15) is 0 Å². The van der Waals surface area contributed by atoms with Crippen LogP contribution in [-0.4, -0.2) is 25.9 Å². The molecule has 0 aliphatic rings. The van der Waals surface area contributed by atoms with Gasteiger partial charge in [-0.15, -0.1) is 0 Å². The molecule has 0 aromatic heterocycles. The Kier molecular flexibility index (Phi) is 4.39. The average Bonchev–Trinajstić information content (AvgIpc) is 2.28. The zero-order chi connectivity index (χ0) is 11.3. The van der Waals surface area contributed by atoms with Gasteiger partial charge in [0.2, 0.25) is 0 Å². The molecule has 15 heavy (non-hydrogen) atoms. The largest absolute Gasteiger partial charge is 0.493 e. The highest BCUT2D eigenvalue weighted by Crippen LogP contribution is 2.35. The fourth-order valence-electron chi connectivity index (χ4n) is 1.49. The summed E-state index contributed by atoms with van der Waals surface area (Å²) >= 11 is 0. The maximum Gasteiger partial charge on any atom is 0.166 e. The molecule has 1 aromatic rings. The van der Waals surface area contributed by atoms with Crippen LogP contribution in [0.2, 0.25) is 0 Å². The van der Waals surface area contributed by atoms with Gasteiger partial charge in [-0.3, -0.25) is 0 Å². The normalized spacial score (nSPS) is 12.3. The summed E-state index contributed by atoms with van der Waals surface area (Å²) in [6, 6.07) is 5.41. The summed E-state index contributed by atoms with van der Waals surface area (Å²) in [5, 5.41) is 9.84. The molecule has 1 aromatic carbocycles. The van der Waals surface area contributed by atoms with Crippen LogP contribution >= 0.6 is 0 Å². The zero-order valence-corrected chi connectivity index (χ0v) is 9.06. The first-order valence-corrected chi connectivity index (χ1v) is 4.83. The van der Waals surface area contributed by atoms with Crippen LogP contribution in [0.25, 0.3) is 0 Å². The Morgan fingerprint density at radius 1 is 1.33 bits per heavy atom. The Morgan fingerprint density at radius 2 is 2.07 bits per heavy atom. The number of rotatable bonds is 5. The predicted octanol–water partition coefficient (Wildman–Crippen LogP) is 1.09. The number of aliphatic hydroxyl groups excluding tert-OH is 1. The third-order valence-electron chi connectivity index (χ3n) is 2.23. The summed E-state index contributed by atoms with van der Waals surface area (Å²) in [5.41, 5.74) is 6.11. The summed E-state index contributed by atoms with van der Waals surface area (Å²) in [6.45, 7) is 0.432. The van der Waals surface area contributed by atoms with Crippen molar-refractivity contribution in [2.24, 2.45) is 5.73 Å². The van der Waals surface area contributed by atoms with E-state index in [0.29, 0.717) is 30.0 Å². The summed E-state index contributed by atoms with van der Waals surface area (Å²) in [6.07, 6.45) is -0.108. The second kappa shape index (κ2) is 5.58. The molecular formula is C11H17NO3. The van der Waals surface area contributed by atoms with Gasteiger partial charge in [0.1, 0.15) is 0 Å². The number of hydrogen-bond donors (Lipinski definition) is 2. The van der Waals surface area contributed by atoms with Crippen LogP contribution in [0.1, 0.15) is 18.1 Å². The van der Waals surface area contributed by atoms with E-state index in [1.165, 1.54) is 0 Å². The molecule has 1 atom stereocenters. The molecule has 0 bridgehead atoms. The monoisotopic (exact) mass is 211 g/mol. The second-order valence-electron chi connectivity index (χ2n) is 3.18. The van der Waals surface area contributed by atoms with E-state index in [4.69, 9.17) is 15.2 Å². The van der Waals surface area contributed by atoms with Crippen LogP contribution in [0.5, 0.6) is 11.5 Å². The SMILES string of the molecule is COc1cccc(C(O)CCN)c1OC. The van der Waals surface area contributed by atoms with Crippen molar-refractivity contribution < 1.29 is 14.6 Å². The van der Waals surface area contributed by atoms with Crippen LogP contribution in [0.15, 0.2) is 18.2 Å². The van der Waals surface area contributed by atoms with Gasteiger partial charge in [0.25, 0.3) is 0 Å². The molecule has 1 unspecified atom stereocenters. The summed E-state index contributed by atoms with van der Waals surface area (Å²) in [7, 11) is 3.12. The van der Waals surface area contributed by atoms with Gasteiger partial charge >= 0.3 is 0 Å². The van der Waals surface area contributed by atoms with Crippen LogP contribution in [0.3, 0.4) is 0 Å². The van der Waals surface area contributed by atoms with Crippen molar-refractivity contribution in [1.82, 2.24) is 0 Å². The molecule has 0 aliphatic heterocycles. The van der Waals surface area contributed by atoms with E-state index < -0.39 is 6.10 Å². The molecule has 0 saturated heterocycles. The van der Waals surface area contributed by atoms with Gasteiger partial charge in [0.15, 0.2) is 11.5 Å². The molecule has 0 heterocycles. The smallest absolute Gasteiger partial charge is 0.166 e. The van der Waals surface area contributed by atoms with Crippen molar-refractivity contribution in [3.05, 3.63) is 23.8 Å². The van der Waals surface area contributed by atoms with Crippen molar-refractivity contribution in [3.63, 3.8) is 0 Å². The molecule has 4 heteroatoms. The van der Waals surface area contributed by atoms with E-state index in [2.05, 4.69) is 0 Å². The number of methoxy groups -OCH3 is 2. The number of nitrogens with two attached hydrogens (primary N) is 1. The fraction of sp³-hybridized carbons (Fsp3) is 0.455. The van der Waals surface area contributed by atoms with Crippen molar-refractivity contribution >= 4 is 0 Å². The Labute approximate surface area is 89.6 Å². The van der Waals surface area contributed by atoms with Crippen molar-refractivity contribution in [2.45, 2.75) is 12.5 Å². The van der Waals surface area contributed by atoms with E-state index >= 15 is 0 Å². The number of para-hydroxylation sites is 1. The first-order chi connectivity index (χ1) is 7.24. The lowest BCUT2D eigenvalue weighted by atomic mass is 10.0. The first kappa shape index (κ1) is 11.8. The molecule has 4 nitrogen and oxygen atoms in total. The van der Waals surface area contributed by atoms with E-state index in [-0.39, 0.29) is 0 Å². The lowest BCUT2D eigenvalue weighted by Crippen LogP contribution is -2.08. The van der Waals surface area contributed by atoms with Gasteiger partial charge in [-0.1, -0.05) is 12.1 Å². The standard InChI is InChI=1S/C11H17NO3/c1-14-10-5-3-4-8(11(10)15-2)9(13)6-7-12/h3-5,9,13H,6-7,12H2,1-2H3. The average molecular weight is 211 g/mol. The molecular weight excluding hydrogens is 194 g/mol. The number of benzene rings is 1. The van der Waals surface area contributed by atoms with Gasteiger partial charge in [0.05, 0.1) is 20.3 Å². The molecule has 0 radical (unpaired) electrons. The molecule has 84 valence electrons. The van der Waals surface area contributed by atoms with E-state index in [0.717, 1.165) is 0 Å². The first-order valence-electron chi connectivity index (χ1n) is 4.83. The van der Waals surface area contributed by atoms with E-state index in [1.54, 1.807) is 20.3 Å². The third kappa shape index (κ3) is 2.61. The van der Waals surface area contributed by atoms with Gasteiger partial charge in [0, 0.05) is 5.56 Å². The van der Waals surface area contributed by atoms with Crippen molar-refractivity contribution in [2.75, 3.05) is 20.8 Å². The Hall–Kier alpha value is -1.26. The quantitative estimate of drug-likeness (QED) is 0.765. The number of aliphatic hydroxyl groups is 1. The second-order valence-corrected chi connectivity index (χ2v) is 3.18. The van der Waals surface area contributed by atoms with Crippen molar-refractivity contribution in [3.8, 4) is 11.5 Å². The minimum absolute atomic E-state index is 0.432. The minimum Gasteiger partial charge on any atom is -0.493 e. The third-order valence-corrected chi connectivity index (χ3v) is 2.23. The molecule has 0 amide bonds. The number of ether oxygens (including phenoxy) is 2. The molecule has 0 saturated carbocycles. The molecule has 3 N–H and O–H groups in total. The molecule has 0 fully saturated rings. The molecule has 1 rings (SSSR count). The lowest BCUT2D eigenvalue weighted by Gasteiger charge is -2.16. The van der Waals surface area contributed by atoms with Crippen LogP contribution in [-0.2, 0) is 0 Å². The van der Waals surface area contributed by atoms with Crippen LogP contribution < -0.4 is 15.2 Å². The lowest BCUT2D eigenvalue weighted by molar-refractivity contribution is 0.165. The zero-order valence-electron chi connectivity index (χ0n) is 9.06. The van der Waals surface area contributed by atoms with Gasteiger partial charge in [-0.25, -0.2) is 0 Å². The van der Waals surface area contributed by atoms with Gasteiger partial charge < -0.3 is 20.3 Å². The van der Waals surface area contributed by atoms with Gasteiger partial charge in [-0.05, 0) is 19.0 Å². The van der Waals surface area contributed by atoms with Crippen molar-refractivity contribution in [1.29, 1.82) is 0 Å². The topological polar surface area (TPSA) is 64.7 Å². The fourth-order valence-corrected chi connectivity index (χ4v) is 1.49. The summed E-state index contributed by atoms with van der Waals surface area (Å²) in [4.78, 5) is 0. The van der Waals surface area contributed by atoms with E-state index in [9.17, 15) is 5.11 Å². The van der Waals surface area contributed by atoms with Crippen LogP contribution in [0.4, 0.5) is 0 Å². The minimum atomic E-state index is -0.611. The highest BCUT2D eigenvalue weighted by molar-refractivity contribution is 5.47. The Bertz CT molecular complexity index is 315. The molecule has 0 aliphatic carbocycles. The Morgan fingerprint density at radius 3 is 2.60 bits per heavy atom. The summed E-state index contributed by atoms with van der Waals surface area (Å²) in [5.74, 6) is 1.19. The maximum atomic E-state index is 9.84. The van der Waals surface area contributed by atoms with Crippen LogP contribution in [0, 0.1) is 0 Å². The summed E-state index contributed by atoms with van der Waals surface area (Å²) < 4.78 is 10.3. The predicted molar refractivity (Wildman–Crippen MR) is 58.2 cm³/mol. The maximum absolute atomic E-state index is 9.84. The number of hydrogen-bond acceptors (Lipinski definition) is 4.